The van der Waals surface area contributed by atoms with Gasteiger partial charge in [-0.3, -0.25) is 9.59 Å². The van der Waals surface area contributed by atoms with Gasteiger partial charge in [0, 0.05) is 25.6 Å². The van der Waals surface area contributed by atoms with E-state index in [2.05, 4.69) is 16.0 Å². The zero-order chi connectivity index (χ0) is 16.0. The van der Waals surface area contributed by atoms with E-state index in [1.165, 1.54) is 0 Å². The summed E-state index contributed by atoms with van der Waals surface area (Å²) in [6.45, 7) is 6.34. The lowest BCUT2D eigenvalue weighted by molar-refractivity contribution is -0.142. The smallest absolute Gasteiger partial charge is 0.314 e. The molecule has 0 radical (unpaired) electrons. The van der Waals surface area contributed by atoms with Crippen molar-refractivity contribution in [2.75, 3.05) is 13.1 Å². The van der Waals surface area contributed by atoms with Crippen molar-refractivity contribution in [3.63, 3.8) is 0 Å². The van der Waals surface area contributed by atoms with Crippen molar-refractivity contribution in [1.82, 2.24) is 16.0 Å². The summed E-state index contributed by atoms with van der Waals surface area (Å²) in [7, 11) is 0. The van der Waals surface area contributed by atoms with Gasteiger partial charge in [0.05, 0.1) is 5.92 Å². The SMILES string of the molecule is CC(C)(C)CC(CNC(=O)NCC1CCC(=O)N1)C(=O)O. The number of carbonyl (C=O) groups excluding carboxylic acids is 2. The van der Waals surface area contributed by atoms with Crippen molar-refractivity contribution >= 4 is 17.9 Å². The van der Waals surface area contributed by atoms with E-state index >= 15 is 0 Å². The quantitative estimate of drug-likeness (QED) is 0.579. The first-order valence-corrected chi connectivity index (χ1v) is 7.21. The van der Waals surface area contributed by atoms with E-state index in [4.69, 9.17) is 5.11 Å². The zero-order valence-corrected chi connectivity index (χ0v) is 12.9. The van der Waals surface area contributed by atoms with Crippen molar-refractivity contribution in [2.24, 2.45) is 11.3 Å². The summed E-state index contributed by atoms with van der Waals surface area (Å²) in [4.78, 5) is 33.8. The number of carboxylic acids is 1. The van der Waals surface area contributed by atoms with Crippen molar-refractivity contribution in [3.8, 4) is 0 Å². The molecule has 0 aromatic rings. The van der Waals surface area contributed by atoms with Gasteiger partial charge in [0.25, 0.3) is 0 Å². The van der Waals surface area contributed by atoms with Gasteiger partial charge in [0.15, 0.2) is 0 Å². The molecule has 1 rings (SSSR count). The Labute approximate surface area is 124 Å². The van der Waals surface area contributed by atoms with Crippen LogP contribution in [0.3, 0.4) is 0 Å². The second-order valence-corrected chi connectivity index (χ2v) is 6.69. The lowest BCUT2D eigenvalue weighted by Crippen LogP contribution is -2.45. The van der Waals surface area contributed by atoms with Crippen molar-refractivity contribution < 1.29 is 19.5 Å². The van der Waals surface area contributed by atoms with Crippen LogP contribution in [-0.2, 0) is 9.59 Å². The van der Waals surface area contributed by atoms with Crippen LogP contribution in [0.25, 0.3) is 0 Å². The Morgan fingerprint density at radius 3 is 2.52 bits per heavy atom. The van der Waals surface area contributed by atoms with Crippen LogP contribution in [0.1, 0.15) is 40.0 Å². The summed E-state index contributed by atoms with van der Waals surface area (Å²) < 4.78 is 0. The molecular weight excluding hydrogens is 274 g/mol. The summed E-state index contributed by atoms with van der Waals surface area (Å²) in [5.41, 5.74) is -0.116. The summed E-state index contributed by atoms with van der Waals surface area (Å²) in [6, 6.07) is -0.440. The largest absolute Gasteiger partial charge is 0.481 e. The molecule has 1 heterocycles. The molecule has 2 unspecified atom stereocenters. The maximum Gasteiger partial charge on any atom is 0.314 e. The van der Waals surface area contributed by atoms with E-state index in [0.717, 1.165) is 0 Å². The highest BCUT2D eigenvalue weighted by atomic mass is 16.4. The third-order valence-electron chi connectivity index (χ3n) is 3.31. The molecule has 4 N–H and O–H groups in total. The molecule has 0 aromatic heterocycles. The molecule has 0 spiro atoms. The molecule has 1 saturated heterocycles. The van der Waals surface area contributed by atoms with Gasteiger partial charge in [-0.25, -0.2) is 4.79 Å². The number of carbonyl (C=O) groups is 3. The average Bonchev–Trinajstić information content (AvgIpc) is 2.76. The maximum atomic E-state index is 11.6. The molecule has 21 heavy (non-hydrogen) atoms. The lowest BCUT2D eigenvalue weighted by atomic mass is 9.84. The molecule has 0 aromatic carbocycles. The highest BCUT2D eigenvalue weighted by Crippen LogP contribution is 2.24. The molecule has 1 fully saturated rings. The molecule has 7 nitrogen and oxygen atoms in total. The number of carboxylic acid groups (broad SMARTS) is 1. The van der Waals surface area contributed by atoms with E-state index in [1.807, 2.05) is 20.8 Å². The van der Waals surface area contributed by atoms with Crippen LogP contribution < -0.4 is 16.0 Å². The Hall–Kier alpha value is -1.79. The van der Waals surface area contributed by atoms with E-state index in [9.17, 15) is 14.4 Å². The Kier molecular flexibility index (Phi) is 5.99. The molecule has 1 aliphatic heterocycles. The van der Waals surface area contributed by atoms with Crippen molar-refractivity contribution in [2.45, 2.75) is 46.1 Å². The lowest BCUT2D eigenvalue weighted by Gasteiger charge is -2.23. The first-order valence-electron chi connectivity index (χ1n) is 7.21. The summed E-state index contributed by atoms with van der Waals surface area (Å²) in [6.07, 6.45) is 1.68. The van der Waals surface area contributed by atoms with Gasteiger partial charge in [-0.15, -0.1) is 0 Å². The van der Waals surface area contributed by atoms with Crippen molar-refractivity contribution in [1.29, 1.82) is 0 Å². The van der Waals surface area contributed by atoms with Gasteiger partial charge in [-0.05, 0) is 18.3 Å². The number of urea groups is 1. The zero-order valence-electron chi connectivity index (χ0n) is 12.9. The number of hydrogen-bond donors (Lipinski definition) is 4. The normalized spacial score (nSPS) is 19.8. The third kappa shape index (κ3) is 6.97. The molecule has 0 aliphatic carbocycles. The molecule has 2 atom stereocenters. The fourth-order valence-electron chi connectivity index (χ4n) is 2.31. The van der Waals surface area contributed by atoms with Gasteiger partial charge in [0.1, 0.15) is 0 Å². The average molecular weight is 299 g/mol. The van der Waals surface area contributed by atoms with Gasteiger partial charge >= 0.3 is 12.0 Å². The molecule has 0 saturated carbocycles. The Morgan fingerprint density at radius 2 is 2.05 bits per heavy atom. The second-order valence-electron chi connectivity index (χ2n) is 6.69. The maximum absolute atomic E-state index is 11.6. The summed E-state index contributed by atoms with van der Waals surface area (Å²) in [5, 5.41) is 17.1. The standard InChI is InChI=1S/C14H25N3O4/c1-14(2,3)6-9(12(19)20)7-15-13(21)16-8-10-4-5-11(18)17-10/h9-10H,4-8H2,1-3H3,(H,17,18)(H,19,20)(H2,15,16,21). The number of rotatable bonds is 6. The molecule has 3 amide bonds. The van der Waals surface area contributed by atoms with Gasteiger partial charge in [0.2, 0.25) is 5.91 Å². The predicted molar refractivity (Wildman–Crippen MR) is 77.8 cm³/mol. The van der Waals surface area contributed by atoms with Gasteiger partial charge in [-0.2, -0.15) is 0 Å². The minimum atomic E-state index is -0.909. The topological polar surface area (TPSA) is 108 Å². The molecule has 120 valence electrons. The number of hydrogen-bond acceptors (Lipinski definition) is 3. The number of nitrogens with one attached hydrogen (secondary N) is 3. The van der Waals surface area contributed by atoms with Crippen LogP contribution in [0.5, 0.6) is 0 Å². The van der Waals surface area contributed by atoms with Crippen molar-refractivity contribution in [3.05, 3.63) is 0 Å². The van der Waals surface area contributed by atoms with E-state index in [-0.39, 0.29) is 23.9 Å². The van der Waals surface area contributed by atoms with Crippen LogP contribution in [0, 0.1) is 11.3 Å². The van der Waals surface area contributed by atoms with E-state index in [1.54, 1.807) is 0 Å². The first kappa shape index (κ1) is 17.3. The minimum absolute atomic E-state index is 0.00155. The number of aliphatic carboxylic acids is 1. The fourth-order valence-corrected chi connectivity index (χ4v) is 2.31. The van der Waals surface area contributed by atoms with Crippen LogP contribution in [-0.4, -0.2) is 42.1 Å². The molecule has 7 heteroatoms. The van der Waals surface area contributed by atoms with Crippen LogP contribution in [0.15, 0.2) is 0 Å². The van der Waals surface area contributed by atoms with E-state index < -0.39 is 17.9 Å². The fraction of sp³-hybridized carbons (Fsp3) is 0.786. The Bertz CT molecular complexity index is 404. The molecule has 0 bridgehead atoms. The highest BCUT2D eigenvalue weighted by Gasteiger charge is 2.25. The Morgan fingerprint density at radius 1 is 1.38 bits per heavy atom. The molecular formula is C14H25N3O4. The molecule has 1 aliphatic rings. The van der Waals surface area contributed by atoms with Crippen LogP contribution in [0.2, 0.25) is 0 Å². The predicted octanol–water partition coefficient (Wildman–Crippen LogP) is 0.701. The first-order chi connectivity index (χ1) is 9.67. The van der Waals surface area contributed by atoms with E-state index in [0.29, 0.717) is 25.8 Å². The van der Waals surface area contributed by atoms with Crippen LogP contribution >= 0.6 is 0 Å². The van der Waals surface area contributed by atoms with Crippen LogP contribution in [0.4, 0.5) is 4.79 Å². The Balaban J connectivity index is 2.29. The highest BCUT2D eigenvalue weighted by molar-refractivity contribution is 5.79. The minimum Gasteiger partial charge on any atom is -0.481 e. The third-order valence-corrected chi connectivity index (χ3v) is 3.31. The number of amides is 3. The van der Waals surface area contributed by atoms with Gasteiger partial charge in [-0.1, -0.05) is 20.8 Å². The summed E-state index contributed by atoms with van der Waals surface area (Å²) in [5.74, 6) is -1.52. The van der Waals surface area contributed by atoms with Gasteiger partial charge < -0.3 is 21.1 Å². The monoisotopic (exact) mass is 299 g/mol. The summed E-state index contributed by atoms with van der Waals surface area (Å²) >= 11 is 0. The second kappa shape index (κ2) is 7.28.